The Bertz CT molecular complexity index is 838. The maximum atomic E-state index is 12.8. The summed E-state index contributed by atoms with van der Waals surface area (Å²) in [4.78, 5) is 38.1. The molecule has 168 valence electrons. The van der Waals surface area contributed by atoms with Gasteiger partial charge in [-0.3, -0.25) is 9.59 Å². The van der Waals surface area contributed by atoms with Gasteiger partial charge in [-0.25, -0.2) is 4.79 Å². The van der Waals surface area contributed by atoms with Crippen molar-refractivity contribution in [1.82, 2.24) is 10.2 Å². The van der Waals surface area contributed by atoms with E-state index in [1.54, 1.807) is 12.2 Å². The number of nitrogens with zero attached hydrogens (tertiary/aromatic N) is 1. The maximum Gasteiger partial charge on any atom is 0.407 e. The molecule has 3 rings (SSSR count). The van der Waals surface area contributed by atoms with E-state index >= 15 is 0 Å². The molecular formula is C23H31N3O5. The number of para-hydroxylation sites is 1. The predicted octanol–water partition coefficient (Wildman–Crippen LogP) is 2.62. The molecule has 0 spiro atoms. The highest BCUT2D eigenvalue weighted by Gasteiger charge is 2.29. The van der Waals surface area contributed by atoms with Crippen LogP contribution in [-0.2, 0) is 14.3 Å². The number of carboxylic acid groups (broad SMARTS) is 1. The van der Waals surface area contributed by atoms with Crippen molar-refractivity contribution >= 4 is 23.5 Å². The van der Waals surface area contributed by atoms with Crippen LogP contribution in [0.15, 0.2) is 36.4 Å². The summed E-state index contributed by atoms with van der Waals surface area (Å²) in [5.74, 6) is -0.311. The van der Waals surface area contributed by atoms with Gasteiger partial charge in [-0.15, -0.1) is 0 Å². The van der Waals surface area contributed by atoms with Crippen LogP contribution in [-0.4, -0.2) is 66.2 Å². The van der Waals surface area contributed by atoms with E-state index in [1.807, 2.05) is 38.1 Å². The molecule has 2 heterocycles. The van der Waals surface area contributed by atoms with Crippen molar-refractivity contribution in [1.29, 1.82) is 0 Å². The van der Waals surface area contributed by atoms with Crippen LogP contribution < -0.4 is 10.6 Å². The molecule has 31 heavy (non-hydrogen) atoms. The monoisotopic (exact) mass is 429 g/mol. The molecule has 2 amide bonds. The molecule has 1 aromatic rings. The van der Waals surface area contributed by atoms with E-state index in [1.165, 1.54) is 4.90 Å². The second-order valence-electron chi connectivity index (χ2n) is 8.47. The molecule has 3 atom stereocenters. The predicted molar refractivity (Wildman–Crippen MR) is 117 cm³/mol. The molecule has 1 aromatic carbocycles. The largest absolute Gasteiger partial charge is 0.465 e. The number of allylic oxidation sites excluding steroid dienone is 1. The summed E-state index contributed by atoms with van der Waals surface area (Å²) in [6.45, 7) is 5.33. The quantitative estimate of drug-likeness (QED) is 0.575. The van der Waals surface area contributed by atoms with Crippen LogP contribution in [0.5, 0.6) is 0 Å². The van der Waals surface area contributed by atoms with Gasteiger partial charge in [-0.1, -0.05) is 38.1 Å². The highest BCUT2D eigenvalue weighted by atomic mass is 16.5. The van der Waals surface area contributed by atoms with E-state index in [0.29, 0.717) is 38.5 Å². The van der Waals surface area contributed by atoms with E-state index in [0.717, 1.165) is 11.3 Å². The molecule has 1 saturated heterocycles. The number of fused-ring (bicyclic) bond motifs is 1. The zero-order valence-corrected chi connectivity index (χ0v) is 18.0. The van der Waals surface area contributed by atoms with Gasteiger partial charge in [0.15, 0.2) is 11.9 Å². The maximum absolute atomic E-state index is 12.8. The Morgan fingerprint density at radius 2 is 2.10 bits per heavy atom. The van der Waals surface area contributed by atoms with Gasteiger partial charge in [0.2, 0.25) is 0 Å². The van der Waals surface area contributed by atoms with Crippen LogP contribution in [0.2, 0.25) is 0 Å². The lowest BCUT2D eigenvalue weighted by Crippen LogP contribution is -2.47. The summed E-state index contributed by atoms with van der Waals surface area (Å²) in [5.41, 5.74) is 1.97. The Kier molecular flexibility index (Phi) is 7.68. The lowest BCUT2D eigenvalue weighted by Gasteiger charge is -2.23. The van der Waals surface area contributed by atoms with Gasteiger partial charge in [-0.2, -0.15) is 0 Å². The number of carbonyl (C=O) groups is 3. The smallest absolute Gasteiger partial charge is 0.407 e. The van der Waals surface area contributed by atoms with E-state index in [-0.39, 0.29) is 30.2 Å². The van der Waals surface area contributed by atoms with Crippen molar-refractivity contribution in [2.45, 2.75) is 44.8 Å². The summed E-state index contributed by atoms with van der Waals surface area (Å²) in [6, 6.07) is 7.43. The zero-order valence-electron chi connectivity index (χ0n) is 18.0. The summed E-state index contributed by atoms with van der Waals surface area (Å²) >= 11 is 0. The Balaban J connectivity index is 1.65. The molecule has 0 radical (unpaired) electrons. The van der Waals surface area contributed by atoms with Crippen LogP contribution in [0.1, 0.15) is 38.2 Å². The van der Waals surface area contributed by atoms with Crippen LogP contribution in [0.3, 0.4) is 0 Å². The van der Waals surface area contributed by atoms with Gasteiger partial charge in [0.1, 0.15) is 0 Å². The third kappa shape index (κ3) is 6.07. The van der Waals surface area contributed by atoms with Crippen molar-refractivity contribution in [3.63, 3.8) is 0 Å². The highest BCUT2D eigenvalue weighted by molar-refractivity contribution is 5.98. The Morgan fingerprint density at radius 3 is 2.84 bits per heavy atom. The second-order valence-corrected chi connectivity index (χ2v) is 8.47. The number of hydrogen-bond donors (Lipinski definition) is 3. The molecular weight excluding hydrogens is 398 g/mol. The Labute approximate surface area is 182 Å². The lowest BCUT2D eigenvalue weighted by molar-refractivity contribution is -0.133. The van der Waals surface area contributed by atoms with Crippen molar-refractivity contribution < 1.29 is 24.2 Å². The highest BCUT2D eigenvalue weighted by Crippen LogP contribution is 2.31. The van der Waals surface area contributed by atoms with E-state index in [9.17, 15) is 19.5 Å². The third-order valence-electron chi connectivity index (χ3n) is 5.56. The first-order valence-corrected chi connectivity index (χ1v) is 10.8. The van der Waals surface area contributed by atoms with Gasteiger partial charge in [0.05, 0.1) is 12.5 Å². The van der Waals surface area contributed by atoms with Crippen LogP contribution in [0.25, 0.3) is 0 Å². The number of nitrogens with one attached hydrogen (secondary N) is 2. The first kappa shape index (κ1) is 22.8. The molecule has 0 bridgehead atoms. The first-order chi connectivity index (χ1) is 14.8. The SMILES string of the molecule is CC(C)C[C@@H](/C=C/C(=O)C1CNc2ccccc21)NC(=O)[C@@H]1CN(C(=O)O)CCCO1. The van der Waals surface area contributed by atoms with Crippen molar-refractivity contribution in [2.75, 3.05) is 31.6 Å². The average molecular weight is 430 g/mol. The number of hydrogen-bond acceptors (Lipinski definition) is 5. The van der Waals surface area contributed by atoms with Gasteiger partial charge in [0.25, 0.3) is 5.91 Å². The lowest BCUT2D eigenvalue weighted by atomic mass is 9.95. The molecule has 3 N–H and O–H groups in total. The molecule has 8 heteroatoms. The first-order valence-electron chi connectivity index (χ1n) is 10.8. The number of ketones is 1. The number of anilines is 1. The molecule has 1 unspecified atom stereocenters. The van der Waals surface area contributed by atoms with Crippen molar-refractivity contribution in [2.24, 2.45) is 5.92 Å². The van der Waals surface area contributed by atoms with Crippen LogP contribution in [0, 0.1) is 5.92 Å². The van der Waals surface area contributed by atoms with E-state index < -0.39 is 12.2 Å². The van der Waals surface area contributed by atoms with Crippen LogP contribution in [0.4, 0.5) is 10.5 Å². The molecule has 0 aromatic heterocycles. The standard InChI is InChI=1S/C23H31N3O5/c1-15(2)12-16(25-22(28)21-14-26(23(29)30)10-5-11-31-21)8-9-20(27)18-13-24-19-7-4-3-6-17(18)19/h3-4,6-9,15-16,18,21,24H,5,10-14H2,1-2H3,(H,25,28)(H,29,30)/b9-8+/t16-,18?,21+/m1/s1. The summed E-state index contributed by atoms with van der Waals surface area (Å²) in [5, 5.41) is 15.5. The fraction of sp³-hybridized carbons (Fsp3) is 0.522. The second kappa shape index (κ2) is 10.4. The summed E-state index contributed by atoms with van der Waals surface area (Å²) in [7, 11) is 0. The Morgan fingerprint density at radius 1 is 1.32 bits per heavy atom. The van der Waals surface area contributed by atoms with Gasteiger partial charge >= 0.3 is 6.09 Å². The number of benzene rings is 1. The summed E-state index contributed by atoms with van der Waals surface area (Å²) < 4.78 is 5.58. The zero-order chi connectivity index (χ0) is 22.4. The fourth-order valence-corrected chi connectivity index (χ4v) is 3.99. The fourth-order valence-electron chi connectivity index (χ4n) is 3.99. The van der Waals surface area contributed by atoms with Crippen LogP contribution >= 0.6 is 0 Å². The molecule has 2 aliphatic rings. The summed E-state index contributed by atoms with van der Waals surface area (Å²) in [6.07, 6.45) is 2.59. The average Bonchev–Trinajstić information content (AvgIpc) is 2.99. The van der Waals surface area contributed by atoms with Crippen molar-refractivity contribution in [3.8, 4) is 0 Å². The number of amides is 2. The minimum Gasteiger partial charge on any atom is -0.465 e. The molecule has 0 saturated carbocycles. The van der Waals surface area contributed by atoms with E-state index in [2.05, 4.69) is 10.6 Å². The normalized spacial score (nSPS) is 22.0. The van der Waals surface area contributed by atoms with Gasteiger partial charge in [-0.05, 0) is 36.5 Å². The number of ether oxygens (including phenoxy) is 1. The van der Waals surface area contributed by atoms with Gasteiger partial charge in [0, 0.05) is 31.4 Å². The minimum atomic E-state index is -1.06. The van der Waals surface area contributed by atoms with Gasteiger partial charge < -0.3 is 25.4 Å². The number of rotatable bonds is 7. The number of carbonyl (C=O) groups excluding carboxylic acids is 2. The van der Waals surface area contributed by atoms with Crippen molar-refractivity contribution in [3.05, 3.63) is 42.0 Å². The third-order valence-corrected chi connectivity index (χ3v) is 5.56. The molecule has 8 nitrogen and oxygen atoms in total. The topological polar surface area (TPSA) is 108 Å². The Hall–Kier alpha value is -2.87. The molecule has 0 aliphatic carbocycles. The molecule has 1 fully saturated rings. The van der Waals surface area contributed by atoms with E-state index in [4.69, 9.17) is 4.74 Å². The minimum absolute atomic E-state index is 0.00272. The molecule has 2 aliphatic heterocycles.